The van der Waals surface area contributed by atoms with Gasteiger partial charge >= 0.3 is 0 Å². The van der Waals surface area contributed by atoms with Crippen molar-refractivity contribution in [3.63, 3.8) is 0 Å². The van der Waals surface area contributed by atoms with Crippen LogP contribution in [0.25, 0.3) is 0 Å². The molecule has 1 aliphatic carbocycles. The maximum absolute atomic E-state index is 8.97. The van der Waals surface area contributed by atoms with Crippen LogP contribution in [0.3, 0.4) is 0 Å². The van der Waals surface area contributed by atoms with E-state index in [1.54, 1.807) is 0 Å². The fraction of sp³-hybridized carbons (Fsp3) is 0.533. The lowest BCUT2D eigenvalue weighted by atomic mass is 9.83. The van der Waals surface area contributed by atoms with Gasteiger partial charge in [-0.3, -0.25) is 0 Å². The fourth-order valence-electron chi connectivity index (χ4n) is 2.98. The number of nitriles is 1. The molecule has 1 aromatic carbocycles. The third kappa shape index (κ3) is 3.10. The molecule has 2 N–H and O–H groups in total. The van der Waals surface area contributed by atoms with E-state index in [0.29, 0.717) is 17.5 Å². The number of anilines is 1. The summed E-state index contributed by atoms with van der Waals surface area (Å²) in [7, 11) is 2.13. The second-order valence-electron chi connectivity index (χ2n) is 5.23. The van der Waals surface area contributed by atoms with E-state index in [9.17, 15) is 0 Å². The summed E-state index contributed by atoms with van der Waals surface area (Å²) in [5, 5.41) is 8.97. The summed E-state index contributed by atoms with van der Waals surface area (Å²) in [6, 6.07) is 8.61. The van der Waals surface area contributed by atoms with E-state index in [4.69, 9.17) is 11.0 Å². The summed E-state index contributed by atoms with van der Waals surface area (Å²) in [6.07, 6.45) is 5.01. The van der Waals surface area contributed by atoms with Gasteiger partial charge in [0.1, 0.15) is 6.07 Å². The lowest BCUT2D eigenvalue weighted by Crippen LogP contribution is -2.43. The van der Waals surface area contributed by atoms with Gasteiger partial charge in [0.05, 0.1) is 5.56 Å². The maximum atomic E-state index is 8.97. The molecule has 2 atom stereocenters. The van der Waals surface area contributed by atoms with Crippen molar-refractivity contribution < 1.29 is 0 Å². The molecule has 0 amide bonds. The van der Waals surface area contributed by atoms with Crippen molar-refractivity contribution in [1.29, 1.82) is 5.26 Å². The Morgan fingerprint density at radius 3 is 2.79 bits per heavy atom. The third-order valence-electron chi connectivity index (χ3n) is 4.15. The minimum absolute atomic E-state index is 0.513. The second-order valence-corrected chi connectivity index (χ2v) is 6.09. The van der Waals surface area contributed by atoms with Gasteiger partial charge in [0.15, 0.2) is 0 Å². The summed E-state index contributed by atoms with van der Waals surface area (Å²) < 4.78 is 0.861. The van der Waals surface area contributed by atoms with Crippen LogP contribution in [-0.2, 0) is 0 Å². The second kappa shape index (κ2) is 6.40. The number of nitrogens with two attached hydrogens (primary N) is 1. The Kier molecular flexibility index (Phi) is 4.84. The molecular formula is C15H20BrN3. The molecule has 0 spiro atoms. The third-order valence-corrected chi connectivity index (χ3v) is 4.81. The van der Waals surface area contributed by atoms with Crippen LogP contribution in [0, 0.1) is 17.2 Å². The van der Waals surface area contributed by atoms with E-state index < -0.39 is 0 Å². The van der Waals surface area contributed by atoms with Gasteiger partial charge in [-0.1, -0.05) is 12.8 Å². The van der Waals surface area contributed by atoms with Crippen LogP contribution in [-0.4, -0.2) is 19.6 Å². The predicted molar refractivity (Wildman–Crippen MR) is 82.1 cm³/mol. The average molecular weight is 322 g/mol. The lowest BCUT2D eigenvalue weighted by molar-refractivity contribution is 0.306. The summed E-state index contributed by atoms with van der Waals surface area (Å²) >= 11 is 3.46. The number of hydrogen-bond donors (Lipinski definition) is 1. The SMILES string of the molecule is CN(c1ccc(C#N)c(Br)c1)C1CCCCC1CN. The summed E-state index contributed by atoms with van der Waals surface area (Å²) in [6.45, 7) is 0.756. The molecule has 0 radical (unpaired) electrons. The first kappa shape index (κ1) is 14.4. The molecule has 102 valence electrons. The van der Waals surface area contributed by atoms with Crippen molar-refractivity contribution in [2.24, 2.45) is 11.7 Å². The molecule has 1 aromatic rings. The van der Waals surface area contributed by atoms with Gasteiger partial charge in [-0.15, -0.1) is 0 Å². The first-order valence-corrected chi connectivity index (χ1v) is 7.59. The van der Waals surface area contributed by atoms with Crippen molar-refractivity contribution in [3.05, 3.63) is 28.2 Å². The van der Waals surface area contributed by atoms with E-state index >= 15 is 0 Å². The van der Waals surface area contributed by atoms with Gasteiger partial charge in [-0.2, -0.15) is 5.26 Å². The normalized spacial score (nSPS) is 22.8. The molecular weight excluding hydrogens is 302 g/mol. The van der Waals surface area contributed by atoms with Crippen molar-refractivity contribution in [1.82, 2.24) is 0 Å². The Hall–Kier alpha value is -1.05. The highest BCUT2D eigenvalue weighted by molar-refractivity contribution is 9.10. The predicted octanol–water partition coefficient (Wildman–Crippen LogP) is 3.27. The van der Waals surface area contributed by atoms with Crippen molar-refractivity contribution >= 4 is 21.6 Å². The number of hydrogen-bond acceptors (Lipinski definition) is 3. The Morgan fingerprint density at radius 2 is 2.16 bits per heavy atom. The van der Waals surface area contributed by atoms with E-state index in [-0.39, 0.29) is 0 Å². The monoisotopic (exact) mass is 321 g/mol. The van der Waals surface area contributed by atoms with Crippen LogP contribution in [0.1, 0.15) is 31.2 Å². The lowest BCUT2D eigenvalue weighted by Gasteiger charge is -2.39. The van der Waals surface area contributed by atoms with Crippen LogP contribution in [0.5, 0.6) is 0 Å². The first-order valence-electron chi connectivity index (χ1n) is 6.80. The molecule has 0 saturated heterocycles. The van der Waals surface area contributed by atoms with Gasteiger partial charge in [0, 0.05) is 23.2 Å². The molecule has 0 aliphatic heterocycles. The van der Waals surface area contributed by atoms with E-state index in [1.165, 1.54) is 25.7 Å². The molecule has 0 heterocycles. The molecule has 2 rings (SSSR count). The number of halogens is 1. The van der Waals surface area contributed by atoms with Crippen molar-refractivity contribution in [3.8, 4) is 6.07 Å². The zero-order chi connectivity index (χ0) is 13.8. The molecule has 3 nitrogen and oxygen atoms in total. The summed E-state index contributed by atoms with van der Waals surface area (Å²) in [5.41, 5.74) is 7.73. The Bertz CT molecular complexity index is 481. The standard InChI is InChI=1S/C15H20BrN3/c1-19(15-5-3-2-4-12(15)10-18)13-7-6-11(9-17)14(16)8-13/h6-8,12,15H,2-5,10,18H2,1H3. The van der Waals surface area contributed by atoms with E-state index in [0.717, 1.165) is 16.7 Å². The van der Waals surface area contributed by atoms with Crippen LogP contribution in [0.15, 0.2) is 22.7 Å². The van der Waals surface area contributed by atoms with Gasteiger partial charge in [0.2, 0.25) is 0 Å². The van der Waals surface area contributed by atoms with Crippen LogP contribution < -0.4 is 10.6 Å². The molecule has 0 bridgehead atoms. The molecule has 1 aliphatic rings. The number of nitrogens with zero attached hydrogens (tertiary/aromatic N) is 2. The topological polar surface area (TPSA) is 53.0 Å². The highest BCUT2D eigenvalue weighted by Crippen LogP contribution is 2.32. The molecule has 19 heavy (non-hydrogen) atoms. The van der Waals surface area contributed by atoms with Gasteiger partial charge in [-0.05, 0) is 59.4 Å². The van der Waals surface area contributed by atoms with Crippen molar-refractivity contribution in [2.75, 3.05) is 18.5 Å². The van der Waals surface area contributed by atoms with E-state index in [1.807, 2.05) is 18.2 Å². The van der Waals surface area contributed by atoms with Gasteiger partial charge in [0.25, 0.3) is 0 Å². The van der Waals surface area contributed by atoms with Gasteiger partial charge < -0.3 is 10.6 Å². The Labute approximate surface area is 123 Å². The summed E-state index contributed by atoms with van der Waals surface area (Å²) in [4.78, 5) is 2.32. The average Bonchev–Trinajstić information content (AvgIpc) is 2.46. The zero-order valence-electron chi connectivity index (χ0n) is 11.3. The first-order chi connectivity index (χ1) is 9.17. The number of rotatable bonds is 3. The van der Waals surface area contributed by atoms with Gasteiger partial charge in [-0.25, -0.2) is 0 Å². The molecule has 4 heteroatoms. The molecule has 2 unspecified atom stereocenters. The smallest absolute Gasteiger partial charge is 0.100 e. The Balaban J connectivity index is 2.20. The highest BCUT2D eigenvalue weighted by atomic mass is 79.9. The summed E-state index contributed by atoms with van der Waals surface area (Å²) in [5.74, 6) is 0.577. The van der Waals surface area contributed by atoms with Crippen LogP contribution in [0.2, 0.25) is 0 Å². The highest BCUT2D eigenvalue weighted by Gasteiger charge is 2.27. The number of benzene rings is 1. The fourth-order valence-corrected chi connectivity index (χ4v) is 3.43. The largest absolute Gasteiger partial charge is 0.371 e. The quantitative estimate of drug-likeness (QED) is 0.929. The minimum Gasteiger partial charge on any atom is -0.371 e. The van der Waals surface area contributed by atoms with Crippen LogP contribution >= 0.6 is 15.9 Å². The maximum Gasteiger partial charge on any atom is 0.100 e. The van der Waals surface area contributed by atoms with Crippen LogP contribution in [0.4, 0.5) is 5.69 Å². The van der Waals surface area contributed by atoms with E-state index in [2.05, 4.69) is 33.9 Å². The molecule has 1 fully saturated rings. The minimum atomic E-state index is 0.513. The Morgan fingerprint density at radius 1 is 1.42 bits per heavy atom. The molecule has 1 saturated carbocycles. The molecule has 0 aromatic heterocycles. The zero-order valence-corrected chi connectivity index (χ0v) is 12.9. The van der Waals surface area contributed by atoms with Crippen molar-refractivity contribution in [2.45, 2.75) is 31.7 Å².